The fourth-order valence-corrected chi connectivity index (χ4v) is 2.90. The van der Waals surface area contributed by atoms with E-state index in [0.717, 1.165) is 38.2 Å². The first-order valence-corrected chi connectivity index (χ1v) is 8.14. The topological polar surface area (TPSA) is 58.1 Å². The number of nitrogens with zero attached hydrogens (tertiary/aromatic N) is 3. The lowest BCUT2D eigenvalue weighted by atomic mass is 9.94. The highest BCUT2D eigenvalue weighted by atomic mass is 16.2. The van der Waals surface area contributed by atoms with Gasteiger partial charge in [-0.2, -0.15) is 0 Å². The van der Waals surface area contributed by atoms with Crippen molar-refractivity contribution in [1.82, 2.24) is 15.1 Å². The molecule has 21 heavy (non-hydrogen) atoms. The third kappa shape index (κ3) is 4.16. The number of rotatable bonds is 6. The molecular weight excluding hydrogens is 264 g/mol. The summed E-state index contributed by atoms with van der Waals surface area (Å²) >= 11 is 0. The van der Waals surface area contributed by atoms with Gasteiger partial charge >= 0.3 is 0 Å². The molecule has 1 aromatic rings. The number of amides is 1. The van der Waals surface area contributed by atoms with E-state index in [1.165, 1.54) is 19.3 Å². The van der Waals surface area contributed by atoms with Crippen molar-refractivity contribution in [3.8, 4) is 0 Å². The third-order valence-corrected chi connectivity index (χ3v) is 4.06. The summed E-state index contributed by atoms with van der Waals surface area (Å²) in [4.78, 5) is 14.6. The smallest absolute Gasteiger partial charge is 0.274 e. The predicted molar refractivity (Wildman–Crippen MR) is 84.4 cm³/mol. The molecule has 1 fully saturated rings. The van der Waals surface area contributed by atoms with Gasteiger partial charge in [-0.05, 0) is 38.3 Å². The minimum Gasteiger partial charge on any atom is -0.369 e. The molecule has 0 radical (unpaired) electrons. The molecular formula is C16H26N4O. The summed E-state index contributed by atoms with van der Waals surface area (Å²) in [6.07, 6.45) is 7.00. The fraction of sp³-hybridized carbons (Fsp3) is 0.688. The molecule has 1 aromatic heterocycles. The van der Waals surface area contributed by atoms with Gasteiger partial charge in [-0.25, -0.2) is 0 Å². The van der Waals surface area contributed by atoms with Crippen LogP contribution >= 0.6 is 0 Å². The lowest BCUT2D eigenvalue weighted by molar-refractivity contribution is 0.0640. The molecule has 5 nitrogen and oxygen atoms in total. The number of carbonyl (C=O) groups is 1. The molecule has 2 rings (SSSR count). The van der Waals surface area contributed by atoms with Crippen molar-refractivity contribution in [2.45, 2.75) is 58.4 Å². The van der Waals surface area contributed by atoms with Crippen LogP contribution in [0.15, 0.2) is 12.1 Å². The summed E-state index contributed by atoms with van der Waals surface area (Å²) in [5, 5.41) is 11.4. The van der Waals surface area contributed by atoms with Gasteiger partial charge in [0.1, 0.15) is 5.82 Å². The maximum absolute atomic E-state index is 12.6. The van der Waals surface area contributed by atoms with E-state index < -0.39 is 0 Å². The molecule has 116 valence electrons. The first-order valence-electron chi connectivity index (χ1n) is 8.14. The lowest BCUT2D eigenvalue weighted by Gasteiger charge is -2.33. The van der Waals surface area contributed by atoms with E-state index in [1.807, 2.05) is 17.9 Å². The second-order valence-electron chi connectivity index (χ2n) is 5.61. The minimum absolute atomic E-state index is 0.0129. The van der Waals surface area contributed by atoms with Crippen LogP contribution in [0.2, 0.25) is 0 Å². The van der Waals surface area contributed by atoms with Crippen LogP contribution in [-0.4, -0.2) is 40.1 Å². The van der Waals surface area contributed by atoms with Crippen molar-refractivity contribution < 1.29 is 4.79 Å². The molecule has 0 aromatic carbocycles. The van der Waals surface area contributed by atoms with E-state index in [0.29, 0.717) is 11.7 Å². The number of carbonyl (C=O) groups excluding carboxylic acids is 1. The van der Waals surface area contributed by atoms with Crippen LogP contribution in [0.5, 0.6) is 0 Å². The van der Waals surface area contributed by atoms with Gasteiger partial charge in [0.25, 0.3) is 5.91 Å². The summed E-state index contributed by atoms with van der Waals surface area (Å²) in [5.74, 6) is 0.744. The maximum Gasteiger partial charge on any atom is 0.274 e. The van der Waals surface area contributed by atoms with Crippen LogP contribution in [0.25, 0.3) is 0 Å². The van der Waals surface area contributed by atoms with Crippen LogP contribution in [-0.2, 0) is 0 Å². The Labute approximate surface area is 127 Å². The number of anilines is 1. The van der Waals surface area contributed by atoms with E-state index in [-0.39, 0.29) is 5.91 Å². The molecule has 1 N–H and O–H groups in total. The molecule has 0 bridgehead atoms. The summed E-state index contributed by atoms with van der Waals surface area (Å²) in [6.45, 7) is 5.74. The molecule has 1 saturated carbocycles. The van der Waals surface area contributed by atoms with Crippen LogP contribution in [0.3, 0.4) is 0 Å². The Morgan fingerprint density at radius 1 is 1.24 bits per heavy atom. The van der Waals surface area contributed by atoms with E-state index in [1.54, 1.807) is 6.07 Å². The highest BCUT2D eigenvalue weighted by molar-refractivity contribution is 5.92. The summed E-state index contributed by atoms with van der Waals surface area (Å²) in [7, 11) is 0. The third-order valence-electron chi connectivity index (χ3n) is 4.06. The average Bonchev–Trinajstić information content (AvgIpc) is 2.55. The minimum atomic E-state index is 0.0129. The Hall–Kier alpha value is -1.65. The largest absolute Gasteiger partial charge is 0.369 e. The monoisotopic (exact) mass is 290 g/mol. The molecule has 0 saturated heterocycles. The van der Waals surface area contributed by atoms with E-state index in [4.69, 9.17) is 0 Å². The van der Waals surface area contributed by atoms with Gasteiger partial charge in [0.2, 0.25) is 0 Å². The number of nitrogens with one attached hydrogen (secondary N) is 1. The number of aromatic nitrogens is 2. The Bertz CT molecular complexity index is 440. The van der Waals surface area contributed by atoms with E-state index >= 15 is 0 Å². The molecule has 1 aliphatic rings. The Balaban J connectivity index is 2.02. The van der Waals surface area contributed by atoms with Gasteiger partial charge in [-0.15, -0.1) is 10.2 Å². The molecule has 0 spiro atoms. The molecule has 0 unspecified atom stereocenters. The van der Waals surface area contributed by atoms with Crippen molar-refractivity contribution in [2.24, 2.45) is 0 Å². The fourth-order valence-electron chi connectivity index (χ4n) is 2.90. The van der Waals surface area contributed by atoms with Crippen LogP contribution < -0.4 is 5.32 Å². The summed E-state index contributed by atoms with van der Waals surface area (Å²) in [5.41, 5.74) is 0.449. The highest BCUT2D eigenvalue weighted by Gasteiger charge is 2.25. The molecule has 1 amide bonds. The highest BCUT2D eigenvalue weighted by Crippen LogP contribution is 2.23. The number of hydrogen-bond donors (Lipinski definition) is 1. The van der Waals surface area contributed by atoms with Crippen LogP contribution in [0.1, 0.15) is 62.9 Å². The van der Waals surface area contributed by atoms with Crippen molar-refractivity contribution in [3.63, 3.8) is 0 Å². The molecule has 5 heteroatoms. The van der Waals surface area contributed by atoms with Crippen molar-refractivity contribution >= 4 is 11.7 Å². The zero-order valence-electron chi connectivity index (χ0n) is 13.1. The van der Waals surface area contributed by atoms with Crippen LogP contribution in [0, 0.1) is 0 Å². The van der Waals surface area contributed by atoms with Gasteiger partial charge in [-0.3, -0.25) is 4.79 Å². The van der Waals surface area contributed by atoms with E-state index in [2.05, 4.69) is 22.4 Å². The van der Waals surface area contributed by atoms with Gasteiger partial charge in [0.05, 0.1) is 0 Å². The summed E-state index contributed by atoms with van der Waals surface area (Å²) < 4.78 is 0. The average molecular weight is 290 g/mol. The molecule has 0 aliphatic heterocycles. The normalized spacial score (nSPS) is 15.7. The van der Waals surface area contributed by atoms with Crippen molar-refractivity contribution in [2.75, 3.05) is 18.4 Å². The first kappa shape index (κ1) is 15.7. The Morgan fingerprint density at radius 2 is 2.00 bits per heavy atom. The van der Waals surface area contributed by atoms with Gasteiger partial charge < -0.3 is 10.2 Å². The predicted octanol–water partition coefficient (Wildman–Crippen LogP) is 3.09. The van der Waals surface area contributed by atoms with Gasteiger partial charge in [-0.1, -0.05) is 26.2 Å². The Kier molecular flexibility index (Phi) is 5.96. The quantitative estimate of drug-likeness (QED) is 0.874. The second-order valence-corrected chi connectivity index (χ2v) is 5.61. The first-order chi connectivity index (χ1) is 10.3. The number of hydrogen-bond acceptors (Lipinski definition) is 4. The SMILES string of the molecule is CCCNc1ccc(C(=O)N(CC)C2CCCCC2)nn1. The van der Waals surface area contributed by atoms with Crippen molar-refractivity contribution in [1.29, 1.82) is 0 Å². The standard InChI is InChI=1S/C16H26N4O/c1-3-12-17-15-11-10-14(18-19-15)16(21)20(4-2)13-8-6-5-7-9-13/h10-11,13H,3-9,12H2,1-2H3,(H,17,19). The zero-order valence-corrected chi connectivity index (χ0v) is 13.1. The zero-order chi connectivity index (χ0) is 15.1. The Morgan fingerprint density at radius 3 is 2.57 bits per heavy atom. The van der Waals surface area contributed by atoms with E-state index in [9.17, 15) is 4.79 Å². The van der Waals surface area contributed by atoms with Crippen LogP contribution in [0.4, 0.5) is 5.82 Å². The summed E-state index contributed by atoms with van der Waals surface area (Å²) in [6, 6.07) is 3.99. The van der Waals surface area contributed by atoms with Crippen molar-refractivity contribution in [3.05, 3.63) is 17.8 Å². The maximum atomic E-state index is 12.6. The lowest BCUT2D eigenvalue weighted by Crippen LogP contribution is -2.41. The van der Waals surface area contributed by atoms with Gasteiger partial charge in [0, 0.05) is 19.1 Å². The second kappa shape index (κ2) is 7.96. The van der Waals surface area contributed by atoms with Gasteiger partial charge in [0.15, 0.2) is 5.69 Å². The molecule has 0 atom stereocenters. The molecule has 1 aliphatic carbocycles. The molecule has 1 heterocycles.